The van der Waals surface area contributed by atoms with Crippen molar-refractivity contribution in [3.8, 4) is 11.5 Å². The van der Waals surface area contributed by atoms with Gasteiger partial charge >= 0.3 is 12.1 Å². The highest BCUT2D eigenvalue weighted by Crippen LogP contribution is 2.28. The number of aliphatic hydroxyl groups is 1. The summed E-state index contributed by atoms with van der Waals surface area (Å²) in [5, 5.41) is 12.6. The van der Waals surface area contributed by atoms with E-state index in [1.807, 2.05) is 6.92 Å². The molecule has 0 fully saturated rings. The van der Waals surface area contributed by atoms with Crippen molar-refractivity contribution >= 4 is 12.1 Å². The number of hydrogen-bond acceptors (Lipinski definition) is 7. The number of esters is 1. The van der Waals surface area contributed by atoms with Gasteiger partial charge in [-0.25, -0.2) is 9.59 Å². The van der Waals surface area contributed by atoms with Crippen LogP contribution in [-0.4, -0.2) is 56.7 Å². The molecule has 1 aromatic rings. The summed E-state index contributed by atoms with van der Waals surface area (Å²) in [6.07, 6.45) is -2.10. The molecule has 1 amide bonds. The molecule has 8 heteroatoms. The molecule has 140 valence electrons. The maximum Gasteiger partial charge on any atom is 0.407 e. The molecule has 0 aliphatic rings. The Balaban J connectivity index is 2.99. The van der Waals surface area contributed by atoms with Gasteiger partial charge in [-0.05, 0) is 38.0 Å². The lowest BCUT2D eigenvalue weighted by Gasteiger charge is -2.22. The molecule has 0 aliphatic carbocycles. The lowest BCUT2D eigenvalue weighted by Crippen LogP contribution is -2.48. The number of amides is 1. The highest BCUT2D eigenvalue weighted by molar-refractivity contribution is 5.77. The molecule has 2 N–H and O–H groups in total. The Morgan fingerprint density at radius 3 is 2.44 bits per heavy atom. The van der Waals surface area contributed by atoms with E-state index >= 15 is 0 Å². The second-order valence-electron chi connectivity index (χ2n) is 5.06. The smallest absolute Gasteiger partial charge is 0.407 e. The van der Waals surface area contributed by atoms with Crippen molar-refractivity contribution < 1.29 is 33.6 Å². The van der Waals surface area contributed by atoms with E-state index in [1.165, 1.54) is 7.11 Å². The number of methoxy groups -OCH3 is 2. The summed E-state index contributed by atoms with van der Waals surface area (Å²) >= 11 is 0. The van der Waals surface area contributed by atoms with Crippen molar-refractivity contribution in [2.75, 3.05) is 27.4 Å². The molecule has 0 saturated carbocycles. The van der Waals surface area contributed by atoms with Gasteiger partial charge in [0.1, 0.15) is 0 Å². The van der Waals surface area contributed by atoms with E-state index in [-0.39, 0.29) is 13.0 Å². The number of rotatable bonds is 9. The standard InChI is InChI=1S/C17H25NO7/c1-5-24-13-8-7-11(10-14(13)22-3)9-12(15(19)16(20)23-4)18-17(21)25-6-2/h7-8,10,12,15,19H,5-6,9H2,1-4H3,(H,18,21). The normalized spacial score (nSPS) is 12.7. The minimum Gasteiger partial charge on any atom is -0.493 e. The quantitative estimate of drug-likeness (QED) is 0.643. The van der Waals surface area contributed by atoms with E-state index in [9.17, 15) is 14.7 Å². The van der Waals surface area contributed by atoms with Crippen LogP contribution in [0.4, 0.5) is 4.79 Å². The molecular weight excluding hydrogens is 330 g/mol. The highest BCUT2D eigenvalue weighted by atomic mass is 16.6. The minimum atomic E-state index is -1.54. The van der Waals surface area contributed by atoms with Crippen LogP contribution < -0.4 is 14.8 Å². The molecule has 1 rings (SSSR count). The molecule has 0 saturated heterocycles. The zero-order valence-corrected chi connectivity index (χ0v) is 14.9. The first kappa shape index (κ1) is 20.6. The molecule has 1 aromatic carbocycles. The van der Waals surface area contributed by atoms with E-state index in [0.29, 0.717) is 18.1 Å². The van der Waals surface area contributed by atoms with Crippen molar-refractivity contribution in [2.45, 2.75) is 32.4 Å². The van der Waals surface area contributed by atoms with E-state index < -0.39 is 24.2 Å². The Bertz CT molecular complexity index is 576. The third kappa shape index (κ3) is 6.15. The summed E-state index contributed by atoms with van der Waals surface area (Å²) in [6.45, 7) is 4.18. The third-order valence-electron chi connectivity index (χ3n) is 3.39. The van der Waals surface area contributed by atoms with Crippen molar-refractivity contribution in [3.63, 3.8) is 0 Å². The van der Waals surface area contributed by atoms with Gasteiger partial charge in [-0.3, -0.25) is 0 Å². The largest absolute Gasteiger partial charge is 0.493 e. The number of carbonyl (C=O) groups excluding carboxylic acids is 2. The monoisotopic (exact) mass is 355 g/mol. The first-order valence-electron chi connectivity index (χ1n) is 7.95. The van der Waals surface area contributed by atoms with Crippen LogP contribution in [-0.2, 0) is 20.7 Å². The minimum absolute atomic E-state index is 0.165. The van der Waals surface area contributed by atoms with Gasteiger partial charge in [0.2, 0.25) is 0 Å². The molecule has 8 nitrogen and oxygen atoms in total. The van der Waals surface area contributed by atoms with Gasteiger partial charge in [0.25, 0.3) is 0 Å². The van der Waals surface area contributed by atoms with Gasteiger partial charge in [-0.15, -0.1) is 0 Å². The van der Waals surface area contributed by atoms with Gasteiger partial charge in [0.15, 0.2) is 17.6 Å². The fourth-order valence-corrected chi connectivity index (χ4v) is 2.22. The molecule has 0 bridgehead atoms. The van der Waals surface area contributed by atoms with Crippen LogP contribution in [0, 0.1) is 0 Å². The van der Waals surface area contributed by atoms with E-state index in [2.05, 4.69) is 10.1 Å². The SMILES string of the molecule is CCOC(=O)NC(Cc1ccc(OCC)c(OC)c1)C(O)C(=O)OC. The van der Waals surface area contributed by atoms with E-state index in [4.69, 9.17) is 14.2 Å². The number of hydrogen-bond donors (Lipinski definition) is 2. The Morgan fingerprint density at radius 2 is 1.88 bits per heavy atom. The average Bonchev–Trinajstić information content (AvgIpc) is 2.61. The van der Waals surface area contributed by atoms with Crippen LogP contribution in [0.1, 0.15) is 19.4 Å². The first-order valence-corrected chi connectivity index (χ1v) is 7.95. The number of alkyl carbamates (subject to hydrolysis) is 1. The maximum absolute atomic E-state index is 11.7. The summed E-state index contributed by atoms with van der Waals surface area (Å²) in [5.74, 6) is 0.249. The summed E-state index contributed by atoms with van der Waals surface area (Å²) in [7, 11) is 2.67. The number of carbonyl (C=O) groups is 2. The highest BCUT2D eigenvalue weighted by Gasteiger charge is 2.29. The van der Waals surface area contributed by atoms with Crippen molar-refractivity contribution in [1.29, 1.82) is 0 Å². The molecule has 0 heterocycles. The molecule has 2 unspecified atom stereocenters. The van der Waals surface area contributed by atoms with Gasteiger partial charge in [-0.2, -0.15) is 0 Å². The molecule has 0 aromatic heterocycles. The van der Waals surface area contributed by atoms with Crippen molar-refractivity contribution in [3.05, 3.63) is 23.8 Å². The number of ether oxygens (including phenoxy) is 4. The summed E-state index contributed by atoms with van der Waals surface area (Å²) in [4.78, 5) is 23.3. The van der Waals surface area contributed by atoms with Crippen molar-refractivity contribution in [1.82, 2.24) is 5.32 Å². The Kier molecular flexibility index (Phi) is 8.55. The number of aliphatic hydroxyl groups excluding tert-OH is 1. The number of nitrogens with one attached hydrogen (secondary N) is 1. The van der Waals surface area contributed by atoms with Gasteiger partial charge in [0.05, 0.1) is 33.5 Å². The Labute approximate surface area is 147 Å². The topological polar surface area (TPSA) is 103 Å². The summed E-state index contributed by atoms with van der Waals surface area (Å²) < 4.78 is 20.1. The fraction of sp³-hybridized carbons (Fsp3) is 0.529. The molecule has 0 aliphatic heterocycles. The van der Waals surface area contributed by atoms with Gasteiger partial charge in [-0.1, -0.05) is 6.07 Å². The molecule has 2 atom stereocenters. The Hall–Kier alpha value is -2.48. The van der Waals surface area contributed by atoms with Crippen LogP contribution >= 0.6 is 0 Å². The fourth-order valence-electron chi connectivity index (χ4n) is 2.22. The van der Waals surface area contributed by atoms with Gasteiger partial charge < -0.3 is 29.4 Å². The zero-order valence-electron chi connectivity index (χ0n) is 14.9. The summed E-state index contributed by atoms with van der Waals surface area (Å²) in [6, 6.07) is 4.28. The molecule has 0 spiro atoms. The molecule has 0 radical (unpaired) electrons. The summed E-state index contributed by atoms with van der Waals surface area (Å²) in [5.41, 5.74) is 0.727. The van der Waals surface area contributed by atoms with Crippen molar-refractivity contribution in [2.24, 2.45) is 0 Å². The van der Waals surface area contributed by atoms with Crippen LogP contribution in [0.5, 0.6) is 11.5 Å². The van der Waals surface area contributed by atoms with Crippen LogP contribution in [0.2, 0.25) is 0 Å². The average molecular weight is 355 g/mol. The first-order chi connectivity index (χ1) is 12.0. The van der Waals surface area contributed by atoms with Crippen LogP contribution in [0.25, 0.3) is 0 Å². The maximum atomic E-state index is 11.7. The lowest BCUT2D eigenvalue weighted by atomic mass is 10.0. The third-order valence-corrected chi connectivity index (χ3v) is 3.39. The second kappa shape index (κ2) is 10.4. The zero-order chi connectivity index (χ0) is 18.8. The predicted octanol–water partition coefficient (Wildman–Crippen LogP) is 1.28. The lowest BCUT2D eigenvalue weighted by molar-refractivity contribution is -0.151. The molecule has 25 heavy (non-hydrogen) atoms. The predicted molar refractivity (Wildman–Crippen MR) is 89.8 cm³/mol. The molecular formula is C17H25NO7. The Morgan fingerprint density at radius 1 is 1.16 bits per heavy atom. The van der Waals surface area contributed by atoms with E-state index in [0.717, 1.165) is 12.7 Å². The van der Waals surface area contributed by atoms with Crippen LogP contribution in [0.15, 0.2) is 18.2 Å². The van der Waals surface area contributed by atoms with E-state index in [1.54, 1.807) is 25.1 Å². The second-order valence-corrected chi connectivity index (χ2v) is 5.06. The van der Waals surface area contributed by atoms with Gasteiger partial charge in [0, 0.05) is 0 Å². The van der Waals surface area contributed by atoms with Crippen LogP contribution in [0.3, 0.4) is 0 Å². The number of benzene rings is 1.